The summed E-state index contributed by atoms with van der Waals surface area (Å²) in [5, 5.41) is 0. The molecule has 0 aliphatic heterocycles. The van der Waals surface area contributed by atoms with Crippen LogP contribution in [0.3, 0.4) is 0 Å². The quantitative estimate of drug-likeness (QED) is 0.741. The van der Waals surface area contributed by atoms with Crippen LogP contribution in [0.15, 0.2) is 48.8 Å². The summed E-state index contributed by atoms with van der Waals surface area (Å²) in [6.07, 6.45) is 1.88. The highest BCUT2D eigenvalue weighted by atomic mass is 15.1. The zero-order valence-corrected chi connectivity index (χ0v) is 11.7. The van der Waals surface area contributed by atoms with Crippen molar-refractivity contribution in [2.45, 2.75) is 6.54 Å². The van der Waals surface area contributed by atoms with Crippen molar-refractivity contribution < 1.29 is 0 Å². The second-order valence-electron chi connectivity index (χ2n) is 5.14. The fourth-order valence-electron chi connectivity index (χ4n) is 2.49. The number of nitrogen functional groups attached to an aromatic ring is 1. The van der Waals surface area contributed by atoms with Gasteiger partial charge in [-0.25, -0.2) is 4.98 Å². The Balaban J connectivity index is 2.04. The zero-order valence-electron chi connectivity index (χ0n) is 11.7. The normalized spacial score (nSPS) is 10.9. The second-order valence-corrected chi connectivity index (χ2v) is 5.14. The van der Waals surface area contributed by atoms with Crippen molar-refractivity contribution in [3.8, 4) is 0 Å². The highest BCUT2D eigenvalue weighted by Crippen LogP contribution is 2.24. The number of hydrogen-bond donors (Lipinski definition) is 1. The third-order valence-electron chi connectivity index (χ3n) is 3.45. The first-order valence-corrected chi connectivity index (χ1v) is 6.61. The molecule has 2 N–H and O–H groups in total. The Bertz CT molecular complexity index is 743. The van der Waals surface area contributed by atoms with Crippen LogP contribution in [0.1, 0.15) is 5.56 Å². The van der Waals surface area contributed by atoms with Gasteiger partial charge in [-0.05, 0) is 35.9 Å². The van der Waals surface area contributed by atoms with Crippen LogP contribution >= 0.6 is 0 Å². The minimum absolute atomic E-state index is 0.763. The molecule has 0 bridgehead atoms. The SMILES string of the molecule is CN(C)c1ccc(N)cc1Cn1cnc2ccccc21. The summed E-state index contributed by atoms with van der Waals surface area (Å²) in [6, 6.07) is 14.2. The molecule has 0 aliphatic rings. The van der Waals surface area contributed by atoms with E-state index in [4.69, 9.17) is 5.73 Å². The van der Waals surface area contributed by atoms with Crippen molar-refractivity contribution in [2.24, 2.45) is 0 Å². The highest BCUT2D eigenvalue weighted by molar-refractivity contribution is 5.75. The van der Waals surface area contributed by atoms with Gasteiger partial charge in [-0.1, -0.05) is 12.1 Å². The van der Waals surface area contributed by atoms with E-state index in [9.17, 15) is 0 Å². The maximum Gasteiger partial charge on any atom is 0.0961 e. The van der Waals surface area contributed by atoms with E-state index >= 15 is 0 Å². The van der Waals surface area contributed by atoms with E-state index in [0.29, 0.717) is 0 Å². The predicted molar refractivity (Wildman–Crippen MR) is 84.0 cm³/mol. The van der Waals surface area contributed by atoms with Crippen molar-refractivity contribution >= 4 is 22.4 Å². The molecule has 3 aromatic rings. The number of nitrogens with zero attached hydrogens (tertiary/aromatic N) is 3. The van der Waals surface area contributed by atoms with Gasteiger partial charge in [-0.15, -0.1) is 0 Å². The lowest BCUT2D eigenvalue weighted by atomic mass is 10.1. The first-order valence-electron chi connectivity index (χ1n) is 6.61. The number of anilines is 2. The summed E-state index contributed by atoms with van der Waals surface area (Å²) in [5.41, 5.74) is 11.2. The Hall–Kier alpha value is -2.49. The van der Waals surface area contributed by atoms with Crippen LogP contribution in [0.2, 0.25) is 0 Å². The fraction of sp³-hybridized carbons (Fsp3) is 0.188. The molecule has 2 aromatic carbocycles. The molecular weight excluding hydrogens is 248 g/mol. The topological polar surface area (TPSA) is 47.1 Å². The summed E-state index contributed by atoms with van der Waals surface area (Å²) >= 11 is 0. The fourth-order valence-corrected chi connectivity index (χ4v) is 2.49. The molecule has 0 saturated heterocycles. The van der Waals surface area contributed by atoms with Crippen molar-refractivity contribution in [2.75, 3.05) is 24.7 Å². The van der Waals surface area contributed by atoms with Crippen molar-refractivity contribution in [3.63, 3.8) is 0 Å². The molecule has 0 unspecified atom stereocenters. The zero-order chi connectivity index (χ0) is 14.1. The smallest absolute Gasteiger partial charge is 0.0961 e. The van der Waals surface area contributed by atoms with Crippen molar-refractivity contribution in [3.05, 3.63) is 54.4 Å². The molecule has 0 fully saturated rings. The minimum atomic E-state index is 0.763. The molecule has 0 amide bonds. The summed E-state index contributed by atoms with van der Waals surface area (Å²) in [4.78, 5) is 6.53. The number of hydrogen-bond acceptors (Lipinski definition) is 3. The average molecular weight is 266 g/mol. The monoisotopic (exact) mass is 266 g/mol. The predicted octanol–water partition coefficient (Wildman–Crippen LogP) is 2.73. The summed E-state index contributed by atoms with van der Waals surface area (Å²) in [6.45, 7) is 0.763. The molecule has 0 aliphatic carbocycles. The van der Waals surface area contributed by atoms with Crippen LogP contribution in [0.4, 0.5) is 11.4 Å². The molecule has 102 valence electrons. The van der Waals surface area contributed by atoms with Gasteiger partial charge >= 0.3 is 0 Å². The molecule has 0 radical (unpaired) electrons. The van der Waals surface area contributed by atoms with Gasteiger partial charge in [-0.3, -0.25) is 0 Å². The second kappa shape index (κ2) is 4.89. The molecule has 0 saturated carbocycles. The van der Waals surface area contributed by atoms with Crippen LogP contribution < -0.4 is 10.6 Å². The Morgan fingerprint density at radius 1 is 1.15 bits per heavy atom. The molecule has 0 atom stereocenters. The van der Waals surface area contributed by atoms with E-state index in [1.165, 1.54) is 11.3 Å². The Morgan fingerprint density at radius 2 is 1.95 bits per heavy atom. The van der Waals surface area contributed by atoms with Gasteiger partial charge in [0.25, 0.3) is 0 Å². The van der Waals surface area contributed by atoms with E-state index in [2.05, 4.69) is 26.6 Å². The molecule has 1 heterocycles. The van der Waals surface area contributed by atoms with Gasteiger partial charge in [0.15, 0.2) is 0 Å². The van der Waals surface area contributed by atoms with Crippen LogP contribution in [0.25, 0.3) is 11.0 Å². The molecule has 1 aromatic heterocycles. The van der Waals surface area contributed by atoms with E-state index < -0.39 is 0 Å². The standard InChI is InChI=1S/C16H18N4/c1-19(2)15-8-7-13(17)9-12(15)10-20-11-18-14-5-3-4-6-16(14)20/h3-9,11H,10,17H2,1-2H3. The van der Waals surface area contributed by atoms with Gasteiger partial charge in [0.1, 0.15) is 0 Å². The van der Waals surface area contributed by atoms with Gasteiger partial charge in [0, 0.05) is 25.5 Å². The molecule has 20 heavy (non-hydrogen) atoms. The molecule has 4 heteroatoms. The minimum Gasteiger partial charge on any atom is -0.399 e. The van der Waals surface area contributed by atoms with Crippen LogP contribution in [-0.4, -0.2) is 23.6 Å². The third-order valence-corrected chi connectivity index (χ3v) is 3.45. The maximum absolute atomic E-state index is 5.93. The summed E-state index contributed by atoms with van der Waals surface area (Å²) in [7, 11) is 4.09. The number of benzene rings is 2. The third kappa shape index (κ3) is 2.20. The number of para-hydroxylation sites is 2. The van der Waals surface area contributed by atoms with Crippen LogP contribution in [0.5, 0.6) is 0 Å². The first-order chi connectivity index (χ1) is 9.65. The lowest BCUT2D eigenvalue weighted by molar-refractivity contribution is 0.821. The highest BCUT2D eigenvalue weighted by Gasteiger charge is 2.08. The Morgan fingerprint density at radius 3 is 2.75 bits per heavy atom. The summed E-state index contributed by atoms with van der Waals surface area (Å²) < 4.78 is 2.15. The first kappa shape index (κ1) is 12.5. The number of aromatic nitrogens is 2. The van der Waals surface area contributed by atoms with Crippen molar-refractivity contribution in [1.29, 1.82) is 0 Å². The van der Waals surface area contributed by atoms with Crippen LogP contribution in [0, 0.1) is 0 Å². The average Bonchev–Trinajstić information content (AvgIpc) is 2.82. The number of imidazole rings is 1. The van der Waals surface area contributed by atoms with E-state index in [1.807, 2.05) is 50.8 Å². The van der Waals surface area contributed by atoms with Gasteiger partial charge < -0.3 is 15.2 Å². The lowest BCUT2D eigenvalue weighted by Crippen LogP contribution is -2.13. The molecular formula is C16H18N4. The largest absolute Gasteiger partial charge is 0.399 e. The lowest BCUT2D eigenvalue weighted by Gasteiger charge is -2.18. The molecule has 0 spiro atoms. The molecule has 3 rings (SSSR count). The number of nitrogens with two attached hydrogens (primary N) is 1. The Kier molecular flexibility index (Phi) is 3.06. The molecule has 4 nitrogen and oxygen atoms in total. The number of fused-ring (bicyclic) bond motifs is 1. The maximum atomic E-state index is 5.93. The van der Waals surface area contributed by atoms with E-state index in [0.717, 1.165) is 23.3 Å². The van der Waals surface area contributed by atoms with Gasteiger partial charge in [0.2, 0.25) is 0 Å². The van der Waals surface area contributed by atoms with E-state index in [1.54, 1.807) is 0 Å². The van der Waals surface area contributed by atoms with Gasteiger partial charge in [-0.2, -0.15) is 0 Å². The Labute approximate surface area is 118 Å². The van der Waals surface area contributed by atoms with Gasteiger partial charge in [0.05, 0.1) is 23.9 Å². The number of rotatable bonds is 3. The van der Waals surface area contributed by atoms with Crippen molar-refractivity contribution in [1.82, 2.24) is 9.55 Å². The summed E-state index contributed by atoms with van der Waals surface area (Å²) in [5.74, 6) is 0. The van der Waals surface area contributed by atoms with E-state index in [-0.39, 0.29) is 0 Å². The van der Waals surface area contributed by atoms with Crippen LogP contribution in [-0.2, 0) is 6.54 Å².